The second-order valence-corrected chi connectivity index (χ2v) is 5.55. The molecule has 0 bridgehead atoms. The summed E-state index contributed by atoms with van der Waals surface area (Å²) in [7, 11) is 0. The van der Waals surface area contributed by atoms with Crippen molar-refractivity contribution in [1.29, 1.82) is 0 Å². The van der Waals surface area contributed by atoms with Crippen molar-refractivity contribution in [2.75, 3.05) is 26.2 Å². The van der Waals surface area contributed by atoms with Gasteiger partial charge in [-0.05, 0) is 6.07 Å². The first-order valence-corrected chi connectivity index (χ1v) is 6.03. The van der Waals surface area contributed by atoms with Gasteiger partial charge in [0.1, 0.15) is 0 Å². The zero-order chi connectivity index (χ0) is 11.6. The van der Waals surface area contributed by atoms with Gasteiger partial charge in [-0.3, -0.25) is 10.00 Å². The summed E-state index contributed by atoms with van der Waals surface area (Å²) in [6, 6.07) is 2.20. The zero-order valence-electron chi connectivity index (χ0n) is 10.5. The number of rotatable bonds is 2. The van der Waals surface area contributed by atoms with E-state index in [0.717, 1.165) is 38.4 Å². The molecule has 2 rings (SSSR count). The van der Waals surface area contributed by atoms with Crippen LogP contribution in [0.4, 0.5) is 0 Å². The van der Waals surface area contributed by atoms with E-state index in [1.807, 2.05) is 0 Å². The Morgan fingerprint density at radius 1 is 1.31 bits per heavy atom. The number of hydrogen-bond donors (Lipinski definition) is 2. The Kier molecular flexibility index (Phi) is 3.30. The number of nitrogens with zero attached hydrogens (tertiary/aromatic N) is 2. The predicted octanol–water partition coefficient (Wildman–Crippen LogP) is 1.11. The third-order valence-corrected chi connectivity index (χ3v) is 3.00. The highest BCUT2D eigenvalue weighted by Crippen LogP contribution is 2.20. The van der Waals surface area contributed by atoms with Crippen molar-refractivity contribution in [2.45, 2.75) is 32.7 Å². The molecule has 0 spiro atoms. The lowest BCUT2D eigenvalue weighted by molar-refractivity contribution is 0.230. The van der Waals surface area contributed by atoms with Gasteiger partial charge >= 0.3 is 0 Å². The summed E-state index contributed by atoms with van der Waals surface area (Å²) in [4.78, 5) is 2.45. The average Bonchev–Trinajstić information content (AvgIpc) is 2.67. The van der Waals surface area contributed by atoms with Gasteiger partial charge in [0.05, 0.1) is 5.69 Å². The summed E-state index contributed by atoms with van der Waals surface area (Å²) >= 11 is 0. The maximum atomic E-state index is 4.39. The molecular formula is C12H22N4. The average molecular weight is 222 g/mol. The first-order valence-electron chi connectivity index (χ1n) is 6.03. The highest BCUT2D eigenvalue weighted by Gasteiger charge is 2.18. The van der Waals surface area contributed by atoms with Gasteiger partial charge in [0.15, 0.2) is 0 Å². The fourth-order valence-corrected chi connectivity index (χ4v) is 1.94. The van der Waals surface area contributed by atoms with Gasteiger partial charge in [-0.2, -0.15) is 5.10 Å². The van der Waals surface area contributed by atoms with Gasteiger partial charge in [-0.1, -0.05) is 20.8 Å². The topological polar surface area (TPSA) is 44.0 Å². The normalized spacial score (nSPS) is 18.9. The summed E-state index contributed by atoms with van der Waals surface area (Å²) in [6.07, 6.45) is 0. The van der Waals surface area contributed by atoms with Crippen molar-refractivity contribution in [3.8, 4) is 0 Å². The van der Waals surface area contributed by atoms with E-state index in [-0.39, 0.29) is 5.41 Å². The van der Waals surface area contributed by atoms with E-state index in [1.165, 1.54) is 5.69 Å². The number of nitrogens with one attached hydrogen (secondary N) is 2. The number of hydrogen-bond acceptors (Lipinski definition) is 3. The Labute approximate surface area is 97.4 Å². The van der Waals surface area contributed by atoms with Crippen LogP contribution in [-0.4, -0.2) is 41.3 Å². The second kappa shape index (κ2) is 4.55. The monoisotopic (exact) mass is 222 g/mol. The molecule has 0 radical (unpaired) electrons. The van der Waals surface area contributed by atoms with E-state index in [4.69, 9.17) is 0 Å². The Morgan fingerprint density at radius 3 is 2.56 bits per heavy atom. The molecule has 1 aromatic rings. The van der Waals surface area contributed by atoms with Crippen LogP contribution in [0.1, 0.15) is 32.2 Å². The predicted molar refractivity (Wildman–Crippen MR) is 65.4 cm³/mol. The van der Waals surface area contributed by atoms with E-state index in [0.29, 0.717) is 0 Å². The van der Waals surface area contributed by atoms with Crippen molar-refractivity contribution >= 4 is 0 Å². The van der Waals surface area contributed by atoms with E-state index in [9.17, 15) is 0 Å². The smallest absolute Gasteiger partial charge is 0.0678 e. The highest BCUT2D eigenvalue weighted by molar-refractivity contribution is 5.16. The molecule has 0 aliphatic carbocycles. The molecule has 2 N–H and O–H groups in total. The molecule has 1 fully saturated rings. The molecule has 0 unspecified atom stereocenters. The third-order valence-electron chi connectivity index (χ3n) is 3.00. The molecule has 1 aliphatic heterocycles. The van der Waals surface area contributed by atoms with Crippen molar-refractivity contribution in [1.82, 2.24) is 20.4 Å². The van der Waals surface area contributed by atoms with Crippen molar-refractivity contribution in [3.05, 3.63) is 17.5 Å². The SMILES string of the molecule is CC(C)(C)c1cc(CN2CCNCC2)[nH]n1. The van der Waals surface area contributed by atoms with Crippen LogP contribution in [-0.2, 0) is 12.0 Å². The fourth-order valence-electron chi connectivity index (χ4n) is 1.94. The van der Waals surface area contributed by atoms with Gasteiger partial charge in [0.2, 0.25) is 0 Å². The van der Waals surface area contributed by atoms with E-state index >= 15 is 0 Å². The minimum absolute atomic E-state index is 0.137. The maximum Gasteiger partial charge on any atom is 0.0678 e. The van der Waals surface area contributed by atoms with Crippen LogP contribution >= 0.6 is 0 Å². The number of H-pyrrole nitrogens is 1. The van der Waals surface area contributed by atoms with Crippen LogP contribution in [0.3, 0.4) is 0 Å². The van der Waals surface area contributed by atoms with E-state index in [1.54, 1.807) is 0 Å². The first-order chi connectivity index (χ1) is 7.55. The Morgan fingerprint density at radius 2 is 2.00 bits per heavy atom. The lowest BCUT2D eigenvalue weighted by Gasteiger charge is -2.26. The lowest BCUT2D eigenvalue weighted by atomic mass is 9.92. The Balaban J connectivity index is 1.97. The summed E-state index contributed by atoms with van der Waals surface area (Å²) in [5.74, 6) is 0. The molecule has 4 heteroatoms. The van der Waals surface area contributed by atoms with Crippen LogP contribution in [0.5, 0.6) is 0 Å². The van der Waals surface area contributed by atoms with E-state index in [2.05, 4.69) is 47.3 Å². The third kappa shape index (κ3) is 2.83. The molecular weight excluding hydrogens is 200 g/mol. The molecule has 0 aromatic carbocycles. The zero-order valence-corrected chi connectivity index (χ0v) is 10.5. The summed E-state index contributed by atoms with van der Waals surface area (Å²) in [5.41, 5.74) is 2.52. The minimum atomic E-state index is 0.137. The van der Waals surface area contributed by atoms with Gasteiger partial charge in [0.25, 0.3) is 0 Å². The van der Waals surface area contributed by atoms with Gasteiger partial charge in [-0.15, -0.1) is 0 Å². The summed E-state index contributed by atoms with van der Waals surface area (Å²) in [6.45, 7) is 12.0. The van der Waals surface area contributed by atoms with Crippen molar-refractivity contribution < 1.29 is 0 Å². The molecule has 2 heterocycles. The fraction of sp³-hybridized carbons (Fsp3) is 0.750. The van der Waals surface area contributed by atoms with Crippen molar-refractivity contribution in [2.24, 2.45) is 0 Å². The number of piperazine rings is 1. The van der Waals surface area contributed by atoms with Gasteiger partial charge in [0, 0.05) is 43.8 Å². The quantitative estimate of drug-likeness (QED) is 0.788. The minimum Gasteiger partial charge on any atom is -0.314 e. The number of aromatic amines is 1. The largest absolute Gasteiger partial charge is 0.314 e. The molecule has 1 saturated heterocycles. The molecule has 90 valence electrons. The molecule has 0 saturated carbocycles. The van der Waals surface area contributed by atoms with Crippen LogP contribution in [0, 0.1) is 0 Å². The van der Waals surface area contributed by atoms with Crippen LogP contribution < -0.4 is 5.32 Å². The molecule has 1 aromatic heterocycles. The van der Waals surface area contributed by atoms with Gasteiger partial charge in [-0.25, -0.2) is 0 Å². The molecule has 1 aliphatic rings. The molecule has 4 nitrogen and oxygen atoms in total. The summed E-state index contributed by atoms with van der Waals surface area (Å²) in [5, 5.41) is 10.9. The van der Waals surface area contributed by atoms with Crippen LogP contribution in [0.2, 0.25) is 0 Å². The van der Waals surface area contributed by atoms with E-state index < -0.39 is 0 Å². The second-order valence-electron chi connectivity index (χ2n) is 5.55. The number of aromatic nitrogens is 2. The first kappa shape index (κ1) is 11.6. The highest BCUT2D eigenvalue weighted by atomic mass is 15.2. The standard InChI is InChI=1S/C12H22N4/c1-12(2,3)11-8-10(14-15-11)9-16-6-4-13-5-7-16/h8,13H,4-7,9H2,1-3H3,(H,14,15). The molecule has 16 heavy (non-hydrogen) atoms. The Hall–Kier alpha value is -0.870. The lowest BCUT2D eigenvalue weighted by Crippen LogP contribution is -2.42. The maximum absolute atomic E-state index is 4.39. The van der Waals surface area contributed by atoms with Crippen LogP contribution in [0.25, 0.3) is 0 Å². The molecule has 0 atom stereocenters. The van der Waals surface area contributed by atoms with Crippen molar-refractivity contribution in [3.63, 3.8) is 0 Å². The van der Waals surface area contributed by atoms with Gasteiger partial charge < -0.3 is 5.32 Å². The summed E-state index contributed by atoms with van der Waals surface area (Å²) < 4.78 is 0. The van der Waals surface area contributed by atoms with Crippen LogP contribution in [0.15, 0.2) is 6.07 Å². The molecule has 0 amide bonds. The Bertz CT molecular complexity index is 331.